The molecule has 3 heteroatoms. The van der Waals surface area contributed by atoms with Crippen molar-refractivity contribution in [3.8, 4) is 0 Å². The fourth-order valence-electron chi connectivity index (χ4n) is 4.81. The van der Waals surface area contributed by atoms with Crippen LogP contribution in [0.3, 0.4) is 0 Å². The summed E-state index contributed by atoms with van der Waals surface area (Å²) in [5.74, 6) is 3.48. The highest BCUT2D eigenvalue weighted by atomic mass is 16.1. The Morgan fingerprint density at radius 1 is 1.20 bits per heavy atom. The molecule has 4 rings (SSSR count). The van der Waals surface area contributed by atoms with Crippen molar-refractivity contribution in [1.82, 2.24) is 5.32 Å². The zero-order valence-electron chi connectivity index (χ0n) is 12.1. The van der Waals surface area contributed by atoms with Gasteiger partial charge in [-0.05, 0) is 67.6 Å². The third kappa shape index (κ3) is 1.68. The van der Waals surface area contributed by atoms with Gasteiger partial charge in [-0.3, -0.25) is 4.79 Å². The molecule has 0 saturated heterocycles. The summed E-state index contributed by atoms with van der Waals surface area (Å²) in [5.41, 5.74) is 2.87. The van der Waals surface area contributed by atoms with Gasteiger partial charge in [0.2, 0.25) is 0 Å². The average molecular weight is 270 g/mol. The van der Waals surface area contributed by atoms with Gasteiger partial charge in [0.15, 0.2) is 0 Å². The molecule has 1 amide bonds. The Hall–Kier alpha value is -1.51. The summed E-state index contributed by atoms with van der Waals surface area (Å²) < 4.78 is 0. The molecule has 0 heterocycles. The fraction of sp³-hybridized carbons (Fsp3) is 0.588. The third-order valence-corrected chi connectivity index (χ3v) is 5.72. The second-order valence-corrected chi connectivity index (χ2v) is 6.79. The van der Waals surface area contributed by atoms with E-state index in [0.717, 1.165) is 34.9 Å². The van der Waals surface area contributed by atoms with Gasteiger partial charge in [-0.2, -0.15) is 0 Å². The molecule has 0 spiro atoms. The molecule has 4 unspecified atom stereocenters. The summed E-state index contributed by atoms with van der Waals surface area (Å²) in [6, 6.07) is 6.43. The van der Waals surface area contributed by atoms with Crippen LogP contribution in [-0.4, -0.2) is 19.0 Å². The maximum atomic E-state index is 12.5. The monoisotopic (exact) mass is 270 g/mol. The molecule has 3 fully saturated rings. The highest BCUT2D eigenvalue weighted by molar-refractivity contribution is 6.00. The molecule has 1 aromatic carbocycles. The Bertz CT molecular complexity index is 552. The Morgan fingerprint density at radius 3 is 2.55 bits per heavy atom. The van der Waals surface area contributed by atoms with Crippen molar-refractivity contribution in [3.05, 3.63) is 29.3 Å². The lowest BCUT2D eigenvalue weighted by atomic mass is 10.0. The minimum Gasteiger partial charge on any atom is -0.387 e. The van der Waals surface area contributed by atoms with Gasteiger partial charge < -0.3 is 10.6 Å². The van der Waals surface area contributed by atoms with E-state index in [1.54, 1.807) is 0 Å². The van der Waals surface area contributed by atoms with Crippen LogP contribution in [0.5, 0.6) is 0 Å². The number of hydrogen-bond donors (Lipinski definition) is 2. The van der Waals surface area contributed by atoms with Crippen LogP contribution in [0.2, 0.25) is 0 Å². The van der Waals surface area contributed by atoms with E-state index in [4.69, 9.17) is 0 Å². The van der Waals surface area contributed by atoms with Gasteiger partial charge in [-0.15, -0.1) is 0 Å². The molecule has 1 aromatic rings. The molecule has 3 aliphatic carbocycles. The van der Waals surface area contributed by atoms with Crippen molar-refractivity contribution in [2.24, 2.45) is 23.7 Å². The van der Waals surface area contributed by atoms with E-state index in [0.29, 0.717) is 6.04 Å². The van der Waals surface area contributed by atoms with Crippen LogP contribution in [0.15, 0.2) is 18.2 Å². The number of nitrogens with one attached hydrogen (secondary N) is 2. The van der Waals surface area contributed by atoms with Crippen molar-refractivity contribution in [2.75, 3.05) is 12.4 Å². The minimum absolute atomic E-state index is 0.0909. The van der Waals surface area contributed by atoms with Crippen molar-refractivity contribution in [2.45, 2.75) is 32.2 Å². The van der Waals surface area contributed by atoms with Crippen LogP contribution in [0.4, 0.5) is 5.69 Å². The number of carbonyl (C=O) groups excluding carboxylic acids is 1. The number of rotatable bonds is 3. The number of anilines is 1. The minimum atomic E-state index is 0.0909. The summed E-state index contributed by atoms with van der Waals surface area (Å²) in [6.45, 7) is 2.05. The lowest BCUT2D eigenvalue weighted by Gasteiger charge is -2.13. The van der Waals surface area contributed by atoms with Crippen molar-refractivity contribution in [3.63, 3.8) is 0 Å². The molecule has 4 atom stereocenters. The summed E-state index contributed by atoms with van der Waals surface area (Å²) in [5, 5.41) is 6.42. The molecule has 3 nitrogen and oxygen atoms in total. The van der Waals surface area contributed by atoms with E-state index in [2.05, 4.69) is 10.6 Å². The van der Waals surface area contributed by atoms with Crippen molar-refractivity contribution in [1.29, 1.82) is 0 Å². The van der Waals surface area contributed by atoms with E-state index >= 15 is 0 Å². The molecule has 2 bridgehead atoms. The van der Waals surface area contributed by atoms with Crippen LogP contribution in [0, 0.1) is 30.6 Å². The van der Waals surface area contributed by atoms with Crippen molar-refractivity contribution >= 4 is 11.6 Å². The summed E-state index contributed by atoms with van der Waals surface area (Å²) in [7, 11) is 1.87. The highest BCUT2D eigenvalue weighted by Crippen LogP contribution is 2.65. The summed E-state index contributed by atoms with van der Waals surface area (Å²) in [6.07, 6.45) is 4.21. The first-order valence-corrected chi connectivity index (χ1v) is 7.78. The number of hydrogen-bond acceptors (Lipinski definition) is 2. The maximum Gasteiger partial charge on any atom is 0.253 e. The zero-order chi connectivity index (χ0) is 13.9. The van der Waals surface area contributed by atoms with Crippen LogP contribution < -0.4 is 10.6 Å². The van der Waals surface area contributed by atoms with Gasteiger partial charge >= 0.3 is 0 Å². The Morgan fingerprint density at radius 2 is 1.90 bits per heavy atom. The first kappa shape index (κ1) is 12.2. The van der Waals surface area contributed by atoms with E-state index in [-0.39, 0.29) is 5.91 Å². The van der Waals surface area contributed by atoms with Crippen LogP contribution in [0.1, 0.15) is 35.2 Å². The average Bonchev–Trinajstić information content (AvgIpc) is 2.84. The van der Waals surface area contributed by atoms with Crippen molar-refractivity contribution < 1.29 is 4.79 Å². The predicted octanol–water partition coefficient (Wildman–Crippen LogP) is 2.81. The standard InChI is InChI=1S/C17H22N2O/c1-9-3-6-12(13(7-9)18-2)17(20)19-16-14-10-4-5-11(8-10)15(14)16/h3,6-7,10-11,14-16,18H,4-5,8H2,1-2H3,(H,19,20). The van der Waals surface area contributed by atoms with Gasteiger partial charge in [-0.1, -0.05) is 6.07 Å². The Balaban J connectivity index is 1.49. The predicted molar refractivity (Wildman–Crippen MR) is 79.8 cm³/mol. The molecule has 106 valence electrons. The molecule has 2 N–H and O–H groups in total. The first-order chi connectivity index (χ1) is 9.69. The van der Waals surface area contributed by atoms with Gasteiger partial charge in [0.05, 0.1) is 5.56 Å². The number of benzene rings is 1. The molecule has 3 saturated carbocycles. The number of aryl methyl sites for hydroxylation is 1. The van der Waals surface area contributed by atoms with E-state index in [1.807, 2.05) is 32.2 Å². The molecular formula is C17H22N2O. The fourth-order valence-corrected chi connectivity index (χ4v) is 4.81. The topological polar surface area (TPSA) is 41.1 Å². The maximum absolute atomic E-state index is 12.5. The SMILES string of the molecule is CNc1cc(C)ccc1C(=O)NC1C2C3CCC(C3)C12. The highest BCUT2D eigenvalue weighted by Gasteiger charge is 2.65. The first-order valence-electron chi connectivity index (χ1n) is 7.78. The van der Waals surface area contributed by atoms with Gasteiger partial charge in [0.25, 0.3) is 5.91 Å². The molecule has 20 heavy (non-hydrogen) atoms. The summed E-state index contributed by atoms with van der Waals surface area (Å²) in [4.78, 5) is 12.5. The van der Waals surface area contributed by atoms with Gasteiger partial charge in [0.1, 0.15) is 0 Å². The molecule has 0 radical (unpaired) electrons. The summed E-state index contributed by atoms with van der Waals surface area (Å²) >= 11 is 0. The Kier molecular flexibility index (Phi) is 2.60. The van der Waals surface area contributed by atoms with Crippen LogP contribution in [0.25, 0.3) is 0 Å². The lowest BCUT2D eigenvalue weighted by molar-refractivity contribution is 0.0945. The van der Waals surface area contributed by atoms with E-state index in [1.165, 1.54) is 24.8 Å². The van der Waals surface area contributed by atoms with E-state index < -0.39 is 0 Å². The second-order valence-electron chi connectivity index (χ2n) is 6.79. The van der Waals surface area contributed by atoms with Crippen LogP contribution >= 0.6 is 0 Å². The molecule has 0 aliphatic heterocycles. The molecule has 3 aliphatic rings. The van der Waals surface area contributed by atoms with Gasteiger partial charge in [0, 0.05) is 18.8 Å². The third-order valence-electron chi connectivity index (χ3n) is 5.72. The largest absolute Gasteiger partial charge is 0.387 e. The van der Waals surface area contributed by atoms with Crippen LogP contribution in [-0.2, 0) is 0 Å². The Labute approximate surface area is 120 Å². The smallest absolute Gasteiger partial charge is 0.253 e. The lowest BCUT2D eigenvalue weighted by Crippen LogP contribution is -2.30. The quantitative estimate of drug-likeness (QED) is 0.886. The second kappa shape index (κ2) is 4.24. The normalized spacial score (nSPS) is 36.6. The van der Waals surface area contributed by atoms with E-state index in [9.17, 15) is 4.79 Å². The number of fused-ring (bicyclic) bond motifs is 5. The molecular weight excluding hydrogens is 248 g/mol. The van der Waals surface area contributed by atoms with Gasteiger partial charge in [-0.25, -0.2) is 0 Å². The molecule has 0 aromatic heterocycles. The number of carbonyl (C=O) groups is 1. The zero-order valence-corrected chi connectivity index (χ0v) is 12.1. The number of amides is 1.